The fourth-order valence-electron chi connectivity index (χ4n) is 1.71. The Morgan fingerprint density at radius 3 is 2.43 bits per heavy atom. The van der Waals surface area contributed by atoms with Crippen LogP contribution in [0.4, 0.5) is 5.69 Å². The molecular formula is C16H15BrINO2. The van der Waals surface area contributed by atoms with Crippen LogP contribution in [0.5, 0.6) is 5.75 Å². The zero-order valence-corrected chi connectivity index (χ0v) is 15.1. The lowest BCUT2D eigenvalue weighted by atomic mass is 10.2. The molecule has 5 heteroatoms. The van der Waals surface area contributed by atoms with Crippen molar-refractivity contribution in [2.45, 2.75) is 12.8 Å². The zero-order chi connectivity index (χ0) is 15.1. The lowest BCUT2D eigenvalue weighted by Crippen LogP contribution is -2.12. The summed E-state index contributed by atoms with van der Waals surface area (Å²) >= 11 is 5.61. The number of carbonyl (C=O) groups excluding carboxylic acids is 1. The Labute approximate surface area is 146 Å². The lowest BCUT2D eigenvalue weighted by Gasteiger charge is -2.07. The van der Waals surface area contributed by atoms with Gasteiger partial charge in [-0.05, 0) is 77.5 Å². The normalized spacial score (nSPS) is 10.2. The smallest absolute Gasteiger partial charge is 0.224 e. The number of nitrogens with one attached hydrogen (secondary N) is 1. The van der Waals surface area contributed by atoms with Crippen molar-refractivity contribution in [3.63, 3.8) is 0 Å². The standard InChI is InChI=1S/C16H15BrINO2/c17-12-3-9-15(10-4-12)21-11-1-2-16(20)19-14-7-5-13(18)6-8-14/h3-10H,1-2,11H2,(H,19,20). The van der Waals surface area contributed by atoms with E-state index in [0.29, 0.717) is 19.4 Å². The molecule has 2 aromatic rings. The molecule has 2 aromatic carbocycles. The Bertz CT molecular complexity index is 584. The molecule has 21 heavy (non-hydrogen) atoms. The van der Waals surface area contributed by atoms with E-state index in [1.165, 1.54) is 0 Å². The second kappa shape index (κ2) is 8.38. The highest BCUT2D eigenvalue weighted by Crippen LogP contribution is 2.16. The molecule has 0 aliphatic heterocycles. The van der Waals surface area contributed by atoms with Crippen LogP contribution in [0.3, 0.4) is 0 Å². The van der Waals surface area contributed by atoms with Gasteiger partial charge in [-0.2, -0.15) is 0 Å². The molecule has 1 amide bonds. The van der Waals surface area contributed by atoms with E-state index in [0.717, 1.165) is 19.5 Å². The molecule has 2 rings (SSSR count). The number of benzene rings is 2. The van der Waals surface area contributed by atoms with Crippen molar-refractivity contribution in [1.82, 2.24) is 0 Å². The van der Waals surface area contributed by atoms with Crippen LogP contribution in [-0.4, -0.2) is 12.5 Å². The number of ether oxygens (including phenoxy) is 1. The number of hydrogen-bond acceptors (Lipinski definition) is 2. The maximum Gasteiger partial charge on any atom is 0.224 e. The largest absolute Gasteiger partial charge is 0.494 e. The molecule has 0 fully saturated rings. The van der Waals surface area contributed by atoms with Gasteiger partial charge in [0.25, 0.3) is 0 Å². The van der Waals surface area contributed by atoms with Gasteiger partial charge < -0.3 is 10.1 Å². The molecule has 0 spiro atoms. The third-order valence-electron chi connectivity index (χ3n) is 2.76. The molecule has 110 valence electrons. The first kappa shape index (κ1) is 16.3. The first-order chi connectivity index (χ1) is 10.1. The number of carbonyl (C=O) groups is 1. The molecule has 1 N–H and O–H groups in total. The molecular weight excluding hydrogens is 445 g/mol. The van der Waals surface area contributed by atoms with E-state index in [-0.39, 0.29) is 5.91 Å². The summed E-state index contributed by atoms with van der Waals surface area (Å²) in [6.07, 6.45) is 1.13. The summed E-state index contributed by atoms with van der Waals surface area (Å²) in [5.41, 5.74) is 0.828. The van der Waals surface area contributed by atoms with Gasteiger partial charge in [0.05, 0.1) is 6.61 Å². The lowest BCUT2D eigenvalue weighted by molar-refractivity contribution is -0.116. The van der Waals surface area contributed by atoms with E-state index in [2.05, 4.69) is 43.8 Å². The van der Waals surface area contributed by atoms with Crippen LogP contribution in [0.25, 0.3) is 0 Å². The Hall–Kier alpha value is -1.08. The van der Waals surface area contributed by atoms with Crippen LogP contribution in [0.15, 0.2) is 53.0 Å². The zero-order valence-electron chi connectivity index (χ0n) is 11.3. The highest BCUT2D eigenvalue weighted by Gasteiger charge is 2.02. The van der Waals surface area contributed by atoms with Crippen LogP contribution in [0, 0.1) is 3.57 Å². The second-order valence-corrected chi connectivity index (χ2v) is 6.62. The number of halogens is 2. The molecule has 0 aromatic heterocycles. The number of amides is 1. The molecule has 0 saturated heterocycles. The monoisotopic (exact) mass is 459 g/mol. The maximum absolute atomic E-state index is 11.8. The van der Waals surface area contributed by atoms with Crippen molar-refractivity contribution in [1.29, 1.82) is 0 Å². The van der Waals surface area contributed by atoms with Crippen LogP contribution >= 0.6 is 38.5 Å². The van der Waals surface area contributed by atoms with E-state index in [4.69, 9.17) is 4.74 Å². The minimum Gasteiger partial charge on any atom is -0.494 e. The van der Waals surface area contributed by atoms with E-state index in [9.17, 15) is 4.79 Å². The average Bonchev–Trinajstić information content (AvgIpc) is 2.48. The van der Waals surface area contributed by atoms with Crippen LogP contribution in [0.2, 0.25) is 0 Å². The van der Waals surface area contributed by atoms with Gasteiger partial charge in [-0.25, -0.2) is 0 Å². The molecule has 0 heterocycles. The Balaban J connectivity index is 1.67. The third kappa shape index (κ3) is 6.05. The van der Waals surface area contributed by atoms with E-state index >= 15 is 0 Å². The van der Waals surface area contributed by atoms with E-state index in [1.807, 2.05) is 48.5 Å². The highest BCUT2D eigenvalue weighted by atomic mass is 127. The molecule has 3 nitrogen and oxygen atoms in total. The summed E-state index contributed by atoms with van der Waals surface area (Å²) in [6.45, 7) is 0.530. The van der Waals surface area contributed by atoms with Crippen LogP contribution in [-0.2, 0) is 4.79 Å². The van der Waals surface area contributed by atoms with Crippen molar-refractivity contribution in [2.75, 3.05) is 11.9 Å². The van der Waals surface area contributed by atoms with Gasteiger partial charge in [-0.3, -0.25) is 4.79 Å². The first-order valence-electron chi connectivity index (χ1n) is 6.57. The van der Waals surface area contributed by atoms with Gasteiger partial charge in [-0.1, -0.05) is 15.9 Å². The fraction of sp³-hybridized carbons (Fsp3) is 0.188. The van der Waals surface area contributed by atoms with Crippen LogP contribution in [0.1, 0.15) is 12.8 Å². The molecule has 0 radical (unpaired) electrons. The SMILES string of the molecule is O=C(CCCOc1ccc(Br)cc1)Nc1ccc(I)cc1. The summed E-state index contributed by atoms with van der Waals surface area (Å²) < 4.78 is 7.74. The van der Waals surface area contributed by atoms with Crippen molar-refractivity contribution in [2.24, 2.45) is 0 Å². The Morgan fingerprint density at radius 2 is 1.76 bits per heavy atom. The maximum atomic E-state index is 11.8. The summed E-state index contributed by atoms with van der Waals surface area (Å²) in [7, 11) is 0. The second-order valence-electron chi connectivity index (χ2n) is 4.46. The predicted octanol–water partition coefficient (Wildman–Crippen LogP) is 4.85. The number of rotatable bonds is 6. The minimum absolute atomic E-state index is 0.00983. The topological polar surface area (TPSA) is 38.3 Å². The van der Waals surface area contributed by atoms with Gasteiger partial charge in [0.1, 0.15) is 5.75 Å². The van der Waals surface area contributed by atoms with Crippen molar-refractivity contribution >= 4 is 50.1 Å². The molecule has 0 aliphatic carbocycles. The first-order valence-corrected chi connectivity index (χ1v) is 8.44. The van der Waals surface area contributed by atoms with Gasteiger partial charge in [-0.15, -0.1) is 0 Å². The quantitative estimate of drug-likeness (QED) is 0.495. The van der Waals surface area contributed by atoms with Crippen molar-refractivity contribution < 1.29 is 9.53 Å². The average molecular weight is 460 g/mol. The molecule has 0 atom stereocenters. The van der Waals surface area contributed by atoms with Gasteiger partial charge in [0.2, 0.25) is 5.91 Å². The van der Waals surface area contributed by atoms with Gasteiger partial charge in [0.15, 0.2) is 0 Å². The molecule has 0 unspecified atom stereocenters. The Morgan fingerprint density at radius 1 is 1.10 bits per heavy atom. The third-order valence-corrected chi connectivity index (χ3v) is 4.01. The van der Waals surface area contributed by atoms with E-state index in [1.54, 1.807) is 0 Å². The van der Waals surface area contributed by atoms with Crippen molar-refractivity contribution in [3.05, 3.63) is 56.6 Å². The number of hydrogen-bond donors (Lipinski definition) is 1. The Kier molecular flexibility index (Phi) is 6.50. The summed E-state index contributed by atoms with van der Waals surface area (Å²) in [5, 5.41) is 2.87. The molecule has 0 aliphatic rings. The van der Waals surface area contributed by atoms with Gasteiger partial charge >= 0.3 is 0 Å². The predicted molar refractivity (Wildman–Crippen MR) is 96.7 cm³/mol. The molecule has 0 saturated carbocycles. The van der Waals surface area contributed by atoms with Crippen molar-refractivity contribution in [3.8, 4) is 5.75 Å². The summed E-state index contributed by atoms with van der Waals surface area (Å²) in [5.74, 6) is 0.826. The number of anilines is 1. The van der Waals surface area contributed by atoms with E-state index < -0.39 is 0 Å². The summed E-state index contributed by atoms with van der Waals surface area (Å²) in [6, 6.07) is 15.4. The van der Waals surface area contributed by atoms with Crippen LogP contribution < -0.4 is 10.1 Å². The highest BCUT2D eigenvalue weighted by molar-refractivity contribution is 14.1. The van der Waals surface area contributed by atoms with Gasteiger partial charge in [0, 0.05) is 20.2 Å². The fourth-order valence-corrected chi connectivity index (χ4v) is 2.33. The summed E-state index contributed by atoms with van der Waals surface area (Å²) in [4.78, 5) is 11.8. The molecule has 0 bridgehead atoms. The minimum atomic E-state index is 0.00983.